The second kappa shape index (κ2) is 9.59. The summed E-state index contributed by atoms with van der Waals surface area (Å²) in [5, 5.41) is 7.89. The van der Waals surface area contributed by atoms with E-state index in [1.165, 1.54) is 11.1 Å². The van der Waals surface area contributed by atoms with Gasteiger partial charge in [-0.25, -0.2) is 0 Å². The van der Waals surface area contributed by atoms with Gasteiger partial charge in [0.2, 0.25) is 0 Å². The molecule has 4 rings (SSSR count). The van der Waals surface area contributed by atoms with Crippen molar-refractivity contribution in [2.24, 2.45) is 12.0 Å². The number of morpholine rings is 1. The lowest BCUT2D eigenvalue weighted by Crippen LogP contribution is -2.49. The van der Waals surface area contributed by atoms with Gasteiger partial charge in [-0.2, -0.15) is 5.10 Å². The molecule has 2 aromatic carbocycles. The monoisotopic (exact) mass is 403 g/mol. The second-order valence-electron chi connectivity index (χ2n) is 7.55. The van der Waals surface area contributed by atoms with Crippen molar-refractivity contribution in [1.29, 1.82) is 0 Å². The molecule has 156 valence electrons. The molecule has 0 bridgehead atoms. The van der Waals surface area contributed by atoms with Crippen molar-refractivity contribution in [1.82, 2.24) is 20.0 Å². The van der Waals surface area contributed by atoms with Crippen LogP contribution in [0.2, 0.25) is 0 Å². The summed E-state index contributed by atoms with van der Waals surface area (Å²) >= 11 is 0. The highest BCUT2D eigenvalue weighted by molar-refractivity contribution is 5.80. The molecular formula is C24H29N5O. The molecule has 0 spiro atoms. The molecule has 1 aromatic heterocycles. The van der Waals surface area contributed by atoms with Crippen LogP contribution in [0, 0.1) is 0 Å². The fourth-order valence-electron chi connectivity index (χ4n) is 3.97. The van der Waals surface area contributed by atoms with Gasteiger partial charge in [-0.3, -0.25) is 9.67 Å². The topological polar surface area (TPSA) is 54.7 Å². The maximum Gasteiger partial charge on any atom is 0.193 e. The zero-order valence-electron chi connectivity index (χ0n) is 17.6. The van der Waals surface area contributed by atoms with Crippen molar-refractivity contribution in [3.8, 4) is 0 Å². The third-order valence-corrected chi connectivity index (χ3v) is 5.54. The van der Waals surface area contributed by atoms with Crippen molar-refractivity contribution in [2.75, 3.05) is 33.3 Å². The van der Waals surface area contributed by atoms with Crippen LogP contribution in [0.3, 0.4) is 0 Å². The lowest BCUT2D eigenvalue weighted by molar-refractivity contribution is -0.00802. The van der Waals surface area contributed by atoms with Crippen molar-refractivity contribution in [3.05, 3.63) is 89.7 Å². The number of aromatic nitrogens is 2. The number of nitrogens with one attached hydrogen (secondary N) is 1. The number of hydrogen-bond acceptors (Lipinski definition) is 3. The van der Waals surface area contributed by atoms with Crippen molar-refractivity contribution >= 4 is 5.96 Å². The minimum absolute atomic E-state index is 0.00467. The highest BCUT2D eigenvalue weighted by Crippen LogP contribution is 2.25. The Hall–Kier alpha value is -3.12. The van der Waals surface area contributed by atoms with Gasteiger partial charge in [0.1, 0.15) is 6.10 Å². The van der Waals surface area contributed by atoms with Gasteiger partial charge in [-0.15, -0.1) is 0 Å². The standard InChI is InChI=1S/C24H29N5O/c1-25-24(29-13-14-30-23(18-29)21-15-27-28(2)17-21)26-16-22(19-9-5-3-6-10-19)20-11-7-4-8-12-20/h3-12,15,17,22-23H,13-14,16,18H2,1-2H3,(H,25,26). The van der Waals surface area contributed by atoms with Crippen LogP contribution < -0.4 is 5.32 Å². The fraction of sp³-hybridized carbons (Fsp3) is 0.333. The molecule has 1 N–H and O–H groups in total. The first-order valence-corrected chi connectivity index (χ1v) is 10.4. The average molecular weight is 404 g/mol. The number of aliphatic imine (C=N–C) groups is 1. The van der Waals surface area contributed by atoms with Crippen molar-refractivity contribution in [2.45, 2.75) is 12.0 Å². The van der Waals surface area contributed by atoms with Crippen LogP contribution in [-0.2, 0) is 11.8 Å². The number of nitrogens with zero attached hydrogens (tertiary/aromatic N) is 4. The smallest absolute Gasteiger partial charge is 0.193 e. The van der Waals surface area contributed by atoms with Gasteiger partial charge >= 0.3 is 0 Å². The van der Waals surface area contributed by atoms with E-state index in [1.54, 1.807) is 0 Å². The summed E-state index contributed by atoms with van der Waals surface area (Å²) in [5.41, 5.74) is 3.69. The molecule has 1 aliphatic rings. The first-order chi connectivity index (χ1) is 14.7. The maximum atomic E-state index is 5.99. The van der Waals surface area contributed by atoms with Crippen LogP contribution in [0.5, 0.6) is 0 Å². The number of hydrogen-bond donors (Lipinski definition) is 1. The summed E-state index contributed by atoms with van der Waals surface area (Å²) in [6, 6.07) is 21.3. The number of guanidine groups is 1. The zero-order valence-corrected chi connectivity index (χ0v) is 17.6. The van der Waals surface area contributed by atoms with Crippen LogP contribution >= 0.6 is 0 Å². The van der Waals surface area contributed by atoms with E-state index in [-0.39, 0.29) is 12.0 Å². The Morgan fingerprint density at radius 1 is 1.13 bits per heavy atom. The average Bonchev–Trinajstić information content (AvgIpc) is 3.24. The molecule has 0 saturated carbocycles. The predicted molar refractivity (Wildman–Crippen MR) is 120 cm³/mol. The molecule has 6 heteroatoms. The van der Waals surface area contributed by atoms with E-state index in [2.05, 4.69) is 81.0 Å². The quantitative estimate of drug-likeness (QED) is 0.525. The summed E-state index contributed by atoms with van der Waals surface area (Å²) < 4.78 is 7.80. The number of rotatable bonds is 5. The van der Waals surface area contributed by atoms with E-state index >= 15 is 0 Å². The number of benzene rings is 2. The molecule has 1 unspecified atom stereocenters. The minimum atomic E-state index is 0.00467. The third kappa shape index (κ3) is 4.71. The van der Waals surface area contributed by atoms with Crippen LogP contribution in [0.4, 0.5) is 0 Å². The van der Waals surface area contributed by atoms with Crippen LogP contribution in [0.15, 0.2) is 78.0 Å². The van der Waals surface area contributed by atoms with Gasteiger partial charge in [-0.05, 0) is 11.1 Å². The van der Waals surface area contributed by atoms with E-state index in [0.717, 1.165) is 31.2 Å². The Labute approximate surface area is 178 Å². The van der Waals surface area contributed by atoms with Gasteiger partial charge in [-0.1, -0.05) is 60.7 Å². The Kier molecular flexibility index (Phi) is 6.44. The van der Waals surface area contributed by atoms with E-state index in [4.69, 9.17) is 4.74 Å². The molecule has 2 heterocycles. The Morgan fingerprint density at radius 2 is 1.80 bits per heavy atom. The van der Waals surface area contributed by atoms with E-state index in [9.17, 15) is 0 Å². The maximum absolute atomic E-state index is 5.99. The molecule has 3 aromatic rings. The Bertz CT molecular complexity index is 914. The molecule has 0 radical (unpaired) electrons. The lowest BCUT2D eigenvalue weighted by atomic mass is 9.91. The van der Waals surface area contributed by atoms with Gasteiger partial charge < -0.3 is 15.0 Å². The lowest BCUT2D eigenvalue weighted by Gasteiger charge is -2.35. The molecule has 1 aliphatic heterocycles. The highest BCUT2D eigenvalue weighted by Gasteiger charge is 2.25. The minimum Gasteiger partial charge on any atom is -0.370 e. The Morgan fingerprint density at radius 3 is 2.37 bits per heavy atom. The summed E-state index contributed by atoms with van der Waals surface area (Å²) in [6.45, 7) is 3.02. The predicted octanol–water partition coefficient (Wildman–Crippen LogP) is 3.20. The van der Waals surface area contributed by atoms with Gasteiger partial charge in [0, 0.05) is 44.9 Å². The zero-order chi connectivity index (χ0) is 20.8. The first kappa shape index (κ1) is 20.2. The normalized spacial score (nSPS) is 17.4. The van der Waals surface area contributed by atoms with E-state index in [1.807, 2.05) is 31.2 Å². The van der Waals surface area contributed by atoms with Crippen molar-refractivity contribution < 1.29 is 4.74 Å². The molecular weight excluding hydrogens is 374 g/mol. The van der Waals surface area contributed by atoms with Crippen LogP contribution in [0.25, 0.3) is 0 Å². The second-order valence-corrected chi connectivity index (χ2v) is 7.55. The van der Waals surface area contributed by atoms with Crippen molar-refractivity contribution in [3.63, 3.8) is 0 Å². The van der Waals surface area contributed by atoms with Crippen LogP contribution in [0.1, 0.15) is 28.7 Å². The first-order valence-electron chi connectivity index (χ1n) is 10.4. The molecule has 0 aliphatic carbocycles. The molecule has 1 saturated heterocycles. The summed E-state index contributed by atoms with van der Waals surface area (Å²) in [4.78, 5) is 6.83. The SMILES string of the molecule is CN=C(NCC(c1ccccc1)c1ccccc1)N1CCOC(c2cnn(C)c2)C1. The molecule has 0 amide bonds. The molecule has 30 heavy (non-hydrogen) atoms. The number of aryl methyl sites for hydroxylation is 1. The largest absolute Gasteiger partial charge is 0.370 e. The summed E-state index contributed by atoms with van der Waals surface area (Å²) in [7, 11) is 3.77. The summed E-state index contributed by atoms with van der Waals surface area (Å²) in [6.07, 6.45) is 3.90. The van der Waals surface area contributed by atoms with E-state index < -0.39 is 0 Å². The Balaban J connectivity index is 1.47. The third-order valence-electron chi connectivity index (χ3n) is 5.54. The van der Waals surface area contributed by atoms with Gasteiger partial charge in [0.05, 0.1) is 19.3 Å². The van der Waals surface area contributed by atoms with Gasteiger partial charge in [0.15, 0.2) is 5.96 Å². The fourth-order valence-corrected chi connectivity index (χ4v) is 3.97. The highest BCUT2D eigenvalue weighted by atomic mass is 16.5. The molecule has 1 fully saturated rings. The molecule has 1 atom stereocenters. The molecule has 6 nitrogen and oxygen atoms in total. The summed E-state index contributed by atoms with van der Waals surface area (Å²) in [5.74, 6) is 1.16. The number of ether oxygens (including phenoxy) is 1. The van der Waals surface area contributed by atoms with Gasteiger partial charge in [0.25, 0.3) is 0 Å². The van der Waals surface area contributed by atoms with Crippen LogP contribution in [-0.4, -0.2) is 53.9 Å². The van der Waals surface area contributed by atoms with E-state index in [0.29, 0.717) is 6.61 Å².